The lowest BCUT2D eigenvalue weighted by molar-refractivity contribution is 0.669. The first-order chi connectivity index (χ1) is 24.8. The van der Waals surface area contributed by atoms with Gasteiger partial charge in [0.15, 0.2) is 0 Å². The van der Waals surface area contributed by atoms with Crippen molar-refractivity contribution in [2.24, 2.45) is 0 Å². The first-order valence-corrected chi connectivity index (χ1v) is 17.6. The molecule has 5 heterocycles. The number of hydrogen-bond donors (Lipinski definition) is 0. The molecule has 1 aliphatic heterocycles. The second-order valence-corrected chi connectivity index (χ2v) is 14.0. The zero-order valence-corrected chi connectivity index (χ0v) is 27.3. The van der Waals surface area contributed by atoms with Gasteiger partial charge in [0.1, 0.15) is 11.2 Å². The van der Waals surface area contributed by atoms with E-state index in [4.69, 9.17) is 14.4 Å². The molecule has 0 atom stereocenters. The van der Waals surface area contributed by atoms with Crippen LogP contribution in [0.3, 0.4) is 0 Å². The summed E-state index contributed by atoms with van der Waals surface area (Å²) in [7, 11) is 0. The highest BCUT2D eigenvalue weighted by Crippen LogP contribution is 2.48. The van der Waals surface area contributed by atoms with Gasteiger partial charge in [0, 0.05) is 53.4 Å². The van der Waals surface area contributed by atoms with E-state index in [-0.39, 0.29) is 0 Å². The van der Waals surface area contributed by atoms with Gasteiger partial charge in [-0.1, -0.05) is 103 Å². The predicted molar refractivity (Wildman–Crippen MR) is 205 cm³/mol. The highest BCUT2D eigenvalue weighted by atomic mass is 32.2. The van der Waals surface area contributed by atoms with E-state index in [1.807, 2.05) is 6.07 Å². The van der Waals surface area contributed by atoms with Gasteiger partial charge in [-0.25, -0.2) is 9.97 Å². The molecule has 7 aromatic carbocycles. The average Bonchev–Trinajstić information content (AvgIpc) is 3.83. The van der Waals surface area contributed by atoms with Gasteiger partial charge in [-0.15, -0.1) is 0 Å². The van der Waals surface area contributed by atoms with Gasteiger partial charge in [0.25, 0.3) is 0 Å². The summed E-state index contributed by atoms with van der Waals surface area (Å²) < 4.78 is 11.2. The highest BCUT2D eigenvalue weighted by Gasteiger charge is 2.27. The third-order valence-electron chi connectivity index (χ3n) is 10.3. The number of fused-ring (bicyclic) bond motifs is 13. The maximum atomic E-state index is 6.45. The maximum Gasteiger partial charge on any atom is 0.235 e. The molecule has 0 N–H and O–H groups in total. The first-order valence-electron chi connectivity index (χ1n) is 16.8. The normalized spacial score (nSPS) is 12.7. The monoisotopic (exact) mass is 656 g/mol. The van der Waals surface area contributed by atoms with Crippen molar-refractivity contribution in [1.29, 1.82) is 0 Å². The molecule has 0 unspecified atom stereocenters. The van der Waals surface area contributed by atoms with E-state index in [0.717, 1.165) is 82.6 Å². The van der Waals surface area contributed by atoms with Crippen molar-refractivity contribution in [3.05, 3.63) is 146 Å². The molecule has 0 saturated heterocycles. The summed E-state index contributed by atoms with van der Waals surface area (Å²) in [5.74, 6) is 0.661. The third-order valence-corrected chi connectivity index (χ3v) is 11.4. The largest absolute Gasteiger partial charge is 0.456 e. The van der Waals surface area contributed by atoms with Crippen LogP contribution in [0.5, 0.6) is 0 Å². The minimum atomic E-state index is 0.661. The molecule has 0 fully saturated rings. The van der Waals surface area contributed by atoms with Gasteiger partial charge in [-0.3, -0.25) is 4.57 Å². The molecule has 6 heteroatoms. The van der Waals surface area contributed by atoms with Crippen molar-refractivity contribution in [2.75, 3.05) is 0 Å². The number of nitrogens with zero attached hydrogens (tertiary/aromatic N) is 4. The molecule has 11 aromatic rings. The maximum absolute atomic E-state index is 6.45. The molecule has 0 saturated carbocycles. The minimum absolute atomic E-state index is 0.661. The number of aromatic nitrogens is 4. The number of benzene rings is 7. The topological polar surface area (TPSA) is 48.8 Å². The van der Waals surface area contributed by atoms with Crippen molar-refractivity contribution in [2.45, 2.75) is 9.79 Å². The molecule has 232 valence electrons. The first kappa shape index (κ1) is 26.6. The molecular formula is C44H24N4OS. The van der Waals surface area contributed by atoms with Crippen LogP contribution in [-0.2, 0) is 0 Å². The van der Waals surface area contributed by atoms with Crippen molar-refractivity contribution < 1.29 is 4.42 Å². The van der Waals surface area contributed by atoms with Gasteiger partial charge in [-0.2, -0.15) is 0 Å². The lowest BCUT2D eigenvalue weighted by Gasteiger charge is -2.20. The second-order valence-electron chi connectivity index (χ2n) is 12.9. The molecule has 5 nitrogen and oxygen atoms in total. The standard InChI is InChI=1S/C44H24N4OS/c1-2-11-25(12-3-1)47-41-28(23-24-35-38(41)30-14-5-8-18-34(30)49-35)29-22-21-27-26-13-4-7-17-33(26)48(43(27)42(29)47)44-45-32-16-10-20-37-39(32)40(46-44)31-15-6-9-19-36(31)50-37/h1-24H. The number of furan rings is 1. The SMILES string of the molecule is c1ccc(-n2c3c(ccc4oc5ccccc5c43)c3ccc4c5ccccc5n(-c5nc6c7c(cccc7n5)Sc5ccccc5-6)c4c32)cc1. The van der Waals surface area contributed by atoms with Crippen LogP contribution in [-0.4, -0.2) is 19.1 Å². The Kier molecular flexibility index (Phi) is 5.11. The molecule has 1 aliphatic rings. The molecular weight excluding hydrogens is 633 g/mol. The van der Waals surface area contributed by atoms with Crippen LogP contribution in [0.15, 0.2) is 160 Å². The van der Waals surface area contributed by atoms with Crippen LogP contribution in [0.25, 0.3) is 99.3 Å². The predicted octanol–water partition coefficient (Wildman–Crippen LogP) is 11.9. The molecule has 50 heavy (non-hydrogen) atoms. The van der Waals surface area contributed by atoms with Gasteiger partial charge in [0.2, 0.25) is 5.95 Å². The molecule has 0 radical (unpaired) electrons. The number of rotatable bonds is 2. The fourth-order valence-corrected chi connectivity index (χ4v) is 9.38. The van der Waals surface area contributed by atoms with Crippen LogP contribution in [0.4, 0.5) is 0 Å². The second kappa shape index (κ2) is 9.62. The summed E-state index contributed by atoms with van der Waals surface area (Å²) in [6.07, 6.45) is 0. The van der Waals surface area contributed by atoms with Gasteiger partial charge < -0.3 is 8.98 Å². The molecule has 0 amide bonds. The van der Waals surface area contributed by atoms with E-state index in [1.54, 1.807) is 11.8 Å². The van der Waals surface area contributed by atoms with Gasteiger partial charge in [-0.05, 0) is 54.6 Å². The van der Waals surface area contributed by atoms with Crippen LogP contribution in [0.2, 0.25) is 0 Å². The van der Waals surface area contributed by atoms with Gasteiger partial charge in [0.05, 0.1) is 38.7 Å². The van der Waals surface area contributed by atoms with E-state index in [9.17, 15) is 0 Å². The van der Waals surface area contributed by atoms with Crippen LogP contribution < -0.4 is 0 Å². The van der Waals surface area contributed by atoms with Crippen molar-refractivity contribution in [1.82, 2.24) is 19.1 Å². The summed E-state index contributed by atoms with van der Waals surface area (Å²) in [5, 5.41) is 7.98. The number of para-hydroxylation sites is 3. The van der Waals surface area contributed by atoms with E-state index < -0.39 is 0 Å². The average molecular weight is 657 g/mol. The number of hydrogen-bond acceptors (Lipinski definition) is 4. The summed E-state index contributed by atoms with van der Waals surface area (Å²) in [5.41, 5.74) is 10.3. The Morgan fingerprint density at radius 2 is 1.16 bits per heavy atom. The van der Waals surface area contributed by atoms with Crippen molar-refractivity contribution in [3.8, 4) is 22.9 Å². The van der Waals surface area contributed by atoms with Crippen LogP contribution in [0, 0.1) is 0 Å². The summed E-state index contributed by atoms with van der Waals surface area (Å²) >= 11 is 1.79. The quantitative estimate of drug-likeness (QED) is 0.186. The minimum Gasteiger partial charge on any atom is -0.456 e. The Hall–Kier alpha value is -6.37. The third kappa shape index (κ3) is 3.38. The van der Waals surface area contributed by atoms with E-state index in [0.29, 0.717) is 5.95 Å². The molecule has 4 aromatic heterocycles. The molecule has 12 rings (SSSR count). The zero-order chi connectivity index (χ0) is 32.5. The Balaban J connectivity index is 1.32. The Bertz CT molecular complexity index is 3240. The Labute approximate surface area is 289 Å². The Morgan fingerprint density at radius 3 is 2.08 bits per heavy atom. The smallest absolute Gasteiger partial charge is 0.235 e. The summed E-state index contributed by atoms with van der Waals surface area (Å²) in [6, 6.07) is 51.5. The molecule has 0 aliphatic carbocycles. The van der Waals surface area contributed by atoms with Crippen molar-refractivity contribution >= 4 is 88.2 Å². The van der Waals surface area contributed by atoms with E-state index in [2.05, 4.69) is 149 Å². The lowest BCUT2D eigenvalue weighted by Crippen LogP contribution is -2.06. The molecule has 0 spiro atoms. The summed E-state index contributed by atoms with van der Waals surface area (Å²) in [6.45, 7) is 0. The van der Waals surface area contributed by atoms with E-state index >= 15 is 0 Å². The molecule has 0 bridgehead atoms. The van der Waals surface area contributed by atoms with Crippen molar-refractivity contribution in [3.63, 3.8) is 0 Å². The summed E-state index contributed by atoms with van der Waals surface area (Å²) in [4.78, 5) is 13.2. The van der Waals surface area contributed by atoms with Gasteiger partial charge >= 0.3 is 0 Å². The fraction of sp³-hybridized carbons (Fsp3) is 0. The zero-order valence-electron chi connectivity index (χ0n) is 26.5. The van der Waals surface area contributed by atoms with E-state index in [1.165, 1.54) is 20.6 Å². The fourth-order valence-electron chi connectivity index (χ4n) is 8.28. The lowest BCUT2D eigenvalue weighted by atomic mass is 10.1. The van der Waals surface area contributed by atoms with Crippen LogP contribution in [0.1, 0.15) is 0 Å². The Morgan fingerprint density at radius 1 is 0.460 bits per heavy atom. The van der Waals surface area contributed by atoms with Crippen LogP contribution >= 0.6 is 11.8 Å². The highest BCUT2D eigenvalue weighted by molar-refractivity contribution is 7.99.